The van der Waals surface area contributed by atoms with Crippen molar-refractivity contribution in [3.63, 3.8) is 0 Å². The summed E-state index contributed by atoms with van der Waals surface area (Å²) in [6, 6.07) is 13.0. The van der Waals surface area contributed by atoms with E-state index in [1.54, 1.807) is 6.07 Å². The highest BCUT2D eigenvalue weighted by Crippen LogP contribution is 2.28. The molecule has 0 bridgehead atoms. The van der Waals surface area contributed by atoms with Gasteiger partial charge in [0.15, 0.2) is 5.13 Å². The number of aryl methyl sites for hydroxylation is 1. The highest BCUT2D eigenvalue weighted by atomic mass is 32.1. The quantitative estimate of drug-likeness (QED) is 0.741. The van der Waals surface area contributed by atoms with Crippen molar-refractivity contribution in [2.45, 2.75) is 6.92 Å². The molecular weight excluding hydrogens is 372 g/mol. The van der Waals surface area contributed by atoms with Gasteiger partial charge in [-0.3, -0.25) is 14.9 Å². The number of hydrogen-bond donors (Lipinski definition) is 1. The molecule has 1 aliphatic rings. The van der Waals surface area contributed by atoms with Crippen LogP contribution in [0, 0.1) is 6.92 Å². The van der Waals surface area contributed by atoms with Crippen LogP contribution in [0.15, 0.2) is 42.5 Å². The molecule has 7 heteroatoms. The van der Waals surface area contributed by atoms with Gasteiger partial charge in [-0.1, -0.05) is 29.0 Å². The fourth-order valence-corrected chi connectivity index (χ4v) is 4.16. The zero-order chi connectivity index (χ0) is 19.7. The summed E-state index contributed by atoms with van der Waals surface area (Å²) in [5, 5.41) is 3.39. The summed E-state index contributed by atoms with van der Waals surface area (Å²) in [4.78, 5) is 33.8. The van der Waals surface area contributed by atoms with Crippen molar-refractivity contribution in [3.8, 4) is 0 Å². The van der Waals surface area contributed by atoms with Gasteiger partial charge in [0.05, 0.1) is 10.2 Å². The molecule has 1 N–H and O–H groups in total. The Morgan fingerprint density at radius 2 is 1.82 bits per heavy atom. The second kappa shape index (κ2) is 7.69. The molecule has 2 amide bonds. The van der Waals surface area contributed by atoms with E-state index in [-0.39, 0.29) is 11.8 Å². The lowest BCUT2D eigenvalue weighted by atomic mass is 10.1. The molecule has 0 aliphatic carbocycles. The number of nitrogens with one attached hydrogen (secondary N) is 1. The second-order valence-corrected chi connectivity index (χ2v) is 8.15. The average Bonchev–Trinajstić information content (AvgIpc) is 3.09. The Morgan fingerprint density at radius 3 is 2.57 bits per heavy atom. The Hall–Kier alpha value is -2.77. The Bertz CT molecular complexity index is 1040. The summed E-state index contributed by atoms with van der Waals surface area (Å²) in [5.41, 5.74) is 3.07. The number of hydrogen-bond acceptors (Lipinski definition) is 5. The Balaban J connectivity index is 1.51. The first-order valence-corrected chi connectivity index (χ1v) is 10.1. The monoisotopic (exact) mass is 394 g/mol. The maximum absolute atomic E-state index is 12.8. The molecule has 2 heterocycles. The normalized spacial score (nSPS) is 15.0. The molecule has 28 heavy (non-hydrogen) atoms. The molecule has 3 aromatic rings. The minimum atomic E-state index is -0.184. The van der Waals surface area contributed by atoms with E-state index in [2.05, 4.69) is 22.2 Å². The van der Waals surface area contributed by atoms with E-state index in [0.29, 0.717) is 16.3 Å². The van der Waals surface area contributed by atoms with Gasteiger partial charge in [-0.2, -0.15) is 0 Å². The Labute approximate surface area is 167 Å². The molecule has 1 fully saturated rings. The van der Waals surface area contributed by atoms with E-state index in [1.165, 1.54) is 11.3 Å². The third-order valence-corrected chi connectivity index (χ3v) is 5.86. The van der Waals surface area contributed by atoms with Crippen LogP contribution in [0.3, 0.4) is 0 Å². The first-order valence-electron chi connectivity index (χ1n) is 9.26. The van der Waals surface area contributed by atoms with Crippen LogP contribution < -0.4 is 5.32 Å². The summed E-state index contributed by atoms with van der Waals surface area (Å²) < 4.78 is 0.888. The third kappa shape index (κ3) is 3.90. The zero-order valence-corrected chi connectivity index (χ0v) is 16.8. The smallest absolute Gasteiger partial charge is 0.257 e. The van der Waals surface area contributed by atoms with Gasteiger partial charge >= 0.3 is 0 Å². The minimum absolute atomic E-state index is 0.0498. The molecule has 0 spiro atoms. The van der Waals surface area contributed by atoms with Crippen LogP contribution >= 0.6 is 11.3 Å². The van der Waals surface area contributed by atoms with Gasteiger partial charge in [0, 0.05) is 37.3 Å². The Kier molecular flexibility index (Phi) is 5.11. The van der Waals surface area contributed by atoms with Crippen molar-refractivity contribution in [1.29, 1.82) is 0 Å². The van der Waals surface area contributed by atoms with Gasteiger partial charge in [0.25, 0.3) is 11.8 Å². The standard InChI is InChI=1S/C21H22N4O2S/c1-14-4-3-5-15(12-14)19(26)23-21-22-17-7-6-16(13-18(17)28-21)20(27)25-10-8-24(2)9-11-25/h3-7,12-13H,8-11H2,1-2H3,(H,22,23,26). The first kappa shape index (κ1) is 18.6. The molecule has 0 radical (unpaired) electrons. The lowest BCUT2D eigenvalue weighted by Gasteiger charge is -2.32. The summed E-state index contributed by atoms with van der Waals surface area (Å²) in [7, 11) is 2.07. The number of carbonyl (C=O) groups excluding carboxylic acids is 2. The lowest BCUT2D eigenvalue weighted by Crippen LogP contribution is -2.47. The molecule has 6 nitrogen and oxygen atoms in total. The van der Waals surface area contributed by atoms with E-state index in [4.69, 9.17) is 0 Å². The number of fused-ring (bicyclic) bond motifs is 1. The van der Waals surface area contributed by atoms with Crippen molar-refractivity contribution in [2.75, 3.05) is 38.5 Å². The maximum Gasteiger partial charge on any atom is 0.257 e. The van der Waals surface area contributed by atoms with Crippen LogP contribution in [0.2, 0.25) is 0 Å². The molecule has 0 unspecified atom stereocenters. The van der Waals surface area contributed by atoms with Crippen molar-refractivity contribution in [2.24, 2.45) is 0 Å². The number of carbonyl (C=O) groups is 2. The van der Waals surface area contributed by atoms with E-state index < -0.39 is 0 Å². The number of rotatable bonds is 3. The van der Waals surface area contributed by atoms with Gasteiger partial charge in [0.1, 0.15) is 0 Å². The van der Waals surface area contributed by atoms with Gasteiger partial charge < -0.3 is 9.80 Å². The predicted octanol–water partition coefficient (Wildman–Crippen LogP) is 3.24. The van der Waals surface area contributed by atoms with Gasteiger partial charge in [-0.05, 0) is 44.3 Å². The number of nitrogens with zero attached hydrogens (tertiary/aromatic N) is 3. The zero-order valence-electron chi connectivity index (χ0n) is 15.9. The van der Waals surface area contributed by atoms with Gasteiger partial charge in [-0.25, -0.2) is 4.98 Å². The molecular formula is C21H22N4O2S. The van der Waals surface area contributed by atoms with Crippen molar-refractivity contribution >= 4 is 38.5 Å². The number of likely N-dealkylation sites (N-methyl/N-ethyl adjacent to an activating group) is 1. The van der Waals surface area contributed by atoms with E-state index in [0.717, 1.165) is 42.0 Å². The number of benzene rings is 2. The Morgan fingerprint density at radius 1 is 1.04 bits per heavy atom. The summed E-state index contributed by atoms with van der Waals surface area (Å²) in [6.45, 7) is 5.22. The average molecular weight is 395 g/mol. The number of piperazine rings is 1. The minimum Gasteiger partial charge on any atom is -0.336 e. The molecule has 0 saturated carbocycles. The van der Waals surface area contributed by atoms with Crippen molar-refractivity contribution in [1.82, 2.24) is 14.8 Å². The number of thiazole rings is 1. The van der Waals surface area contributed by atoms with Gasteiger partial charge in [0.2, 0.25) is 0 Å². The summed E-state index contributed by atoms with van der Waals surface area (Å²) in [5.74, 6) is -0.134. The fraction of sp³-hybridized carbons (Fsp3) is 0.286. The topological polar surface area (TPSA) is 65.5 Å². The SMILES string of the molecule is Cc1cccc(C(=O)Nc2nc3ccc(C(=O)N4CCN(C)CC4)cc3s2)c1. The molecule has 0 atom stereocenters. The molecule has 4 rings (SSSR count). The van der Waals surface area contributed by atoms with Crippen LogP contribution in [-0.4, -0.2) is 59.8 Å². The predicted molar refractivity (Wildman–Crippen MR) is 112 cm³/mol. The van der Waals surface area contributed by atoms with Crippen LogP contribution in [0.25, 0.3) is 10.2 Å². The fourth-order valence-electron chi connectivity index (χ4n) is 3.26. The molecule has 144 valence electrons. The van der Waals surface area contributed by atoms with Crippen LogP contribution in [0.4, 0.5) is 5.13 Å². The van der Waals surface area contributed by atoms with E-state index in [9.17, 15) is 9.59 Å². The lowest BCUT2D eigenvalue weighted by molar-refractivity contribution is 0.0664. The molecule has 2 aromatic carbocycles. The number of amides is 2. The maximum atomic E-state index is 12.8. The molecule has 1 aromatic heterocycles. The van der Waals surface area contributed by atoms with Crippen molar-refractivity contribution in [3.05, 3.63) is 59.2 Å². The third-order valence-electron chi connectivity index (χ3n) is 4.93. The van der Waals surface area contributed by atoms with Crippen LogP contribution in [0.1, 0.15) is 26.3 Å². The summed E-state index contributed by atoms with van der Waals surface area (Å²) in [6.07, 6.45) is 0. The first-order chi connectivity index (χ1) is 13.5. The molecule has 1 saturated heterocycles. The largest absolute Gasteiger partial charge is 0.336 e. The van der Waals surface area contributed by atoms with Crippen LogP contribution in [-0.2, 0) is 0 Å². The summed E-state index contributed by atoms with van der Waals surface area (Å²) >= 11 is 1.38. The highest BCUT2D eigenvalue weighted by molar-refractivity contribution is 7.22. The van der Waals surface area contributed by atoms with Crippen LogP contribution in [0.5, 0.6) is 0 Å². The van der Waals surface area contributed by atoms with Crippen molar-refractivity contribution < 1.29 is 9.59 Å². The van der Waals surface area contributed by atoms with Gasteiger partial charge in [-0.15, -0.1) is 0 Å². The van der Waals surface area contributed by atoms with E-state index in [1.807, 2.05) is 48.2 Å². The second-order valence-electron chi connectivity index (χ2n) is 7.12. The van der Waals surface area contributed by atoms with E-state index >= 15 is 0 Å². The number of anilines is 1. The highest BCUT2D eigenvalue weighted by Gasteiger charge is 2.21. The molecule has 1 aliphatic heterocycles. The number of aromatic nitrogens is 1.